The molecule has 0 bridgehead atoms. The van der Waals surface area contributed by atoms with Crippen LogP contribution in [0.1, 0.15) is 71.3 Å². The highest BCUT2D eigenvalue weighted by Crippen LogP contribution is 2.13. The molecule has 1 unspecified atom stereocenters. The van der Waals surface area contributed by atoms with E-state index in [4.69, 9.17) is 10.5 Å². The summed E-state index contributed by atoms with van der Waals surface area (Å²) in [4.78, 5) is 86.1. The van der Waals surface area contributed by atoms with Crippen LogP contribution >= 0.6 is 0 Å². The molecule has 0 saturated carbocycles. The lowest BCUT2D eigenvalue weighted by Gasteiger charge is -2.25. The first kappa shape index (κ1) is 36.4. The molecule has 14 heteroatoms. The van der Waals surface area contributed by atoms with Crippen LogP contribution in [0.4, 0.5) is 10.5 Å². The molecule has 0 aliphatic carbocycles. The molecular weight excluding hydrogens is 584 g/mol. The minimum Gasteiger partial charge on any atom is -0.461 e. The van der Waals surface area contributed by atoms with E-state index >= 15 is 0 Å². The fourth-order valence-electron chi connectivity index (χ4n) is 4.39. The van der Waals surface area contributed by atoms with Gasteiger partial charge in [-0.3, -0.25) is 33.7 Å². The summed E-state index contributed by atoms with van der Waals surface area (Å²) >= 11 is 0. The summed E-state index contributed by atoms with van der Waals surface area (Å²) in [6.45, 7) is 5.82. The van der Waals surface area contributed by atoms with Crippen LogP contribution < -0.4 is 27.0 Å². The second-order valence-corrected chi connectivity index (χ2v) is 11.0. The predicted molar refractivity (Wildman–Crippen MR) is 165 cm³/mol. The number of carbonyl (C=O) groups excluding carboxylic acids is 7. The van der Waals surface area contributed by atoms with Gasteiger partial charge in [0.05, 0.1) is 0 Å². The molecule has 6 N–H and O–H groups in total. The van der Waals surface area contributed by atoms with Crippen molar-refractivity contribution < 1.29 is 38.3 Å². The molecule has 1 aromatic rings. The lowest BCUT2D eigenvalue weighted by Crippen LogP contribution is -2.54. The first-order chi connectivity index (χ1) is 21.4. The molecule has 2 atom stereocenters. The summed E-state index contributed by atoms with van der Waals surface area (Å²) in [5, 5.41) is 10.7. The van der Waals surface area contributed by atoms with Gasteiger partial charge < -0.3 is 31.7 Å². The van der Waals surface area contributed by atoms with Crippen LogP contribution in [0, 0.1) is 5.92 Å². The zero-order valence-corrected chi connectivity index (χ0v) is 26.1. The highest BCUT2D eigenvalue weighted by atomic mass is 16.5. The number of unbranched alkanes of at least 4 members (excludes halogenated alkanes) is 2. The highest BCUT2D eigenvalue weighted by Gasteiger charge is 2.29. The van der Waals surface area contributed by atoms with Gasteiger partial charge >= 0.3 is 12.0 Å². The van der Waals surface area contributed by atoms with E-state index in [1.807, 2.05) is 0 Å². The fraction of sp³-hybridized carbons (Fsp3) is 0.516. The Morgan fingerprint density at radius 2 is 1.56 bits per heavy atom. The molecule has 0 spiro atoms. The van der Waals surface area contributed by atoms with E-state index in [2.05, 4.69) is 21.3 Å². The smallest absolute Gasteiger partial charge is 0.312 e. The number of hydrogen-bond acceptors (Lipinski definition) is 8. The molecule has 1 aromatic carbocycles. The maximum absolute atomic E-state index is 13.3. The molecule has 14 nitrogen and oxygen atoms in total. The third-order valence-electron chi connectivity index (χ3n) is 6.96. The molecular formula is C31H44N6O8. The monoisotopic (exact) mass is 628 g/mol. The third kappa shape index (κ3) is 13.2. The maximum Gasteiger partial charge on any atom is 0.312 e. The summed E-state index contributed by atoms with van der Waals surface area (Å²) in [5.74, 6) is -2.66. The Kier molecular flexibility index (Phi) is 15.2. The molecule has 7 amide bonds. The van der Waals surface area contributed by atoms with Gasteiger partial charge in [0, 0.05) is 43.8 Å². The van der Waals surface area contributed by atoms with Gasteiger partial charge in [0.1, 0.15) is 18.7 Å². The van der Waals surface area contributed by atoms with Gasteiger partial charge in [-0.15, -0.1) is 0 Å². The van der Waals surface area contributed by atoms with Crippen molar-refractivity contribution in [1.82, 2.24) is 20.9 Å². The third-order valence-corrected chi connectivity index (χ3v) is 6.96. The number of nitrogens with two attached hydrogens (primary N) is 1. The zero-order chi connectivity index (χ0) is 33.4. The van der Waals surface area contributed by atoms with E-state index in [1.54, 1.807) is 45.0 Å². The number of rotatable bonds is 19. The molecule has 0 saturated heterocycles. The molecule has 0 aromatic heterocycles. The van der Waals surface area contributed by atoms with E-state index in [0.717, 1.165) is 10.5 Å². The van der Waals surface area contributed by atoms with E-state index in [0.29, 0.717) is 31.4 Å². The lowest BCUT2D eigenvalue weighted by atomic mass is 10.0. The summed E-state index contributed by atoms with van der Waals surface area (Å²) < 4.78 is 5.11. The largest absolute Gasteiger partial charge is 0.461 e. The number of ether oxygens (including phenoxy) is 1. The van der Waals surface area contributed by atoms with Gasteiger partial charge in [-0.05, 0) is 49.3 Å². The van der Waals surface area contributed by atoms with Crippen LogP contribution in [-0.4, -0.2) is 71.6 Å². The van der Waals surface area contributed by atoms with Crippen molar-refractivity contribution in [3.05, 3.63) is 42.0 Å². The molecule has 0 fully saturated rings. The van der Waals surface area contributed by atoms with Crippen LogP contribution in [0.15, 0.2) is 36.4 Å². The van der Waals surface area contributed by atoms with E-state index in [1.165, 1.54) is 12.2 Å². The number of hydrogen-bond donors (Lipinski definition) is 5. The highest BCUT2D eigenvalue weighted by molar-refractivity contribution is 6.12. The Bertz CT molecular complexity index is 1230. The summed E-state index contributed by atoms with van der Waals surface area (Å²) in [7, 11) is 0. The number of esters is 1. The average molecular weight is 629 g/mol. The Balaban J connectivity index is 1.94. The topological polar surface area (TPSA) is 206 Å². The van der Waals surface area contributed by atoms with Crippen molar-refractivity contribution in [3.8, 4) is 0 Å². The second kappa shape index (κ2) is 18.8. The van der Waals surface area contributed by atoms with Crippen molar-refractivity contribution in [2.75, 3.05) is 18.4 Å². The summed E-state index contributed by atoms with van der Waals surface area (Å²) in [6, 6.07) is 4.10. The molecule has 246 valence electrons. The zero-order valence-electron chi connectivity index (χ0n) is 26.1. The molecule has 1 heterocycles. The molecule has 45 heavy (non-hydrogen) atoms. The standard InChI is InChI=1S/C31H44N6O8/c1-4-27(41)45-19-21-11-13-22(14-12-21)34-29(42)23(9-8-17-33-31(32)44)35-30(43)28(20(2)3)36-24(38)10-6-5-7-18-37-25(39)15-16-26(37)40/h11-16,20,23,28H,4-10,17-19H2,1-3H3,(H,34,42)(H,35,43)(H,36,38)(H3,32,33,44)/t23-,28?/m0/s1. The number of amides is 7. The number of carbonyl (C=O) groups is 7. The minimum atomic E-state index is -0.985. The Morgan fingerprint density at radius 3 is 2.16 bits per heavy atom. The molecule has 1 aliphatic heterocycles. The minimum absolute atomic E-state index is 0.104. The SMILES string of the molecule is CCC(=O)OCc1ccc(NC(=O)[C@H](CCCNC(N)=O)NC(=O)C(NC(=O)CCCCCN2C(=O)C=CC2=O)C(C)C)cc1. The Labute approximate surface area is 262 Å². The number of nitrogens with zero attached hydrogens (tertiary/aromatic N) is 1. The summed E-state index contributed by atoms with van der Waals surface area (Å²) in [5.41, 5.74) is 6.32. The number of nitrogens with one attached hydrogen (secondary N) is 4. The van der Waals surface area contributed by atoms with Gasteiger partial charge in [0.25, 0.3) is 11.8 Å². The number of primary amides is 1. The normalized spacial score (nSPS) is 13.7. The second-order valence-electron chi connectivity index (χ2n) is 11.0. The fourth-order valence-corrected chi connectivity index (χ4v) is 4.39. The van der Waals surface area contributed by atoms with E-state index in [-0.39, 0.29) is 68.6 Å². The average Bonchev–Trinajstić information content (AvgIpc) is 3.32. The molecule has 2 rings (SSSR count). The first-order valence-corrected chi connectivity index (χ1v) is 15.1. The van der Waals surface area contributed by atoms with Crippen molar-refractivity contribution in [2.24, 2.45) is 11.7 Å². The van der Waals surface area contributed by atoms with Crippen molar-refractivity contribution in [1.29, 1.82) is 0 Å². The quantitative estimate of drug-likeness (QED) is 0.0863. The number of imide groups is 1. The molecule has 0 radical (unpaired) electrons. The lowest BCUT2D eigenvalue weighted by molar-refractivity contribution is -0.144. The number of benzene rings is 1. The van der Waals surface area contributed by atoms with Gasteiger partial charge in [-0.25, -0.2) is 4.79 Å². The van der Waals surface area contributed by atoms with E-state index in [9.17, 15) is 33.6 Å². The van der Waals surface area contributed by atoms with Gasteiger partial charge in [-0.2, -0.15) is 0 Å². The Morgan fingerprint density at radius 1 is 0.889 bits per heavy atom. The van der Waals surface area contributed by atoms with Crippen LogP contribution in [0.25, 0.3) is 0 Å². The van der Waals surface area contributed by atoms with Crippen molar-refractivity contribution in [2.45, 2.75) is 84.4 Å². The van der Waals surface area contributed by atoms with Crippen molar-refractivity contribution >= 4 is 47.2 Å². The van der Waals surface area contributed by atoms with Crippen LogP contribution in [0.3, 0.4) is 0 Å². The Hall–Kier alpha value is -4.75. The first-order valence-electron chi connectivity index (χ1n) is 15.1. The van der Waals surface area contributed by atoms with Gasteiger partial charge in [0.15, 0.2) is 0 Å². The predicted octanol–water partition coefficient (Wildman–Crippen LogP) is 1.64. The van der Waals surface area contributed by atoms with Crippen LogP contribution in [0.2, 0.25) is 0 Å². The van der Waals surface area contributed by atoms with Crippen LogP contribution in [0.5, 0.6) is 0 Å². The number of anilines is 1. The maximum atomic E-state index is 13.3. The van der Waals surface area contributed by atoms with Crippen LogP contribution in [-0.2, 0) is 40.1 Å². The number of urea groups is 1. The van der Waals surface area contributed by atoms with Gasteiger partial charge in [0.2, 0.25) is 17.7 Å². The van der Waals surface area contributed by atoms with Gasteiger partial charge in [-0.1, -0.05) is 39.3 Å². The molecule has 1 aliphatic rings. The van der Waals surface area contributed by atoms with Crippen molar-refractivity contribution in [3.63, 3.8) is 0 Å². The summed E-state index contributed by atoms with van der Waals surface area (Å²) in [6.07, 6.45) is 5.05. The van der Waals surface area contributed by atoms with E-state index < -0.39 is 29.9 Å².